The maximum absolute atomic E-state index is 11.4. The molecule has 0 radical (unpaired) electrons. The molecule has 1 aromatic carbocycles. The van der Waals surface area contributed by atoms with Crippen molar-refractivity contribution in [3.05, 3.63) is 29.3 Å². The van der Waals surface area contributed by atoms with Crippen molar-refractivity contribution in [1.82, 2.24) is 0 Å². The van der Waals surface area contributed by atoms with Crippen LogP contribution in [-0.4, -0.2) is 12.4 Å². The minimum absolute atomic E-state index is 0.231. The van der Waals surface area contributed by atoms with Gasteiger partial charge in [-0.2, -0.15) is 0 Å². The van der Waals surface area contributed by atoms with Crippen LogP contribution in [-0.2, 0) is 9.53 Å². The smallest absolute Gasteiger partial charge is 0.341 e. The van der Waals surface area contributed by atoms with Gasteiger partial charge in [0, 0.05) is 5.56 Å². The molecule has 1 N–H and O–H groups in total. The number of nitrogens with one attached hydrogen (secondary N) is 1. The zero-order valence-corrected chi connectivity index (χ0v) is 7.61. The van der Waals surface area contributed by atoms with Crippen molar-refractivity contribution >= 4 is 18.1 Å². The molecule has 0 aromatic heterocycles. The molecular weight excluding hydrogens is 182 g/mol. The molecule has 4 heteroatoms. The summed E-state index contributed by atoms with van der Waals surface area (Å²) in [5, 5.41) is 2.48. The van der Waals surface area contributed by atoms with Crippen LogP contribution in [0.25, 0.3) is 0 Å². The highest BCUT2D eigenvalue weighted by Crippen LogP contribution is 2.34. The normalized spacial score (nSPS) is 18.6. The first kappa shape index (κ1) is 8.74. The average molecular weight is 191 g/mol. The number of esters is 1. The maximum atomic E-state index is 11.4. The van der Waals surface area contributed by atoms with Gasteiger partial charge in [0.15, 0.2) is 0 Å². The summed E-state index contributed by atoms with van der Waals surface area (Å²) in [6.07, 6.45) is 0.317. The summed E-state index contributed by atoms with van der Waals surface area (Å²) in [5.74, 6) is -0.377. The maximum Gasteiger partial charge on any atom is 0.341 e. The molecule has 0 aliphatic carbocycles. The van der Waals surface area contributed by atoms with Crippen molar-refractivity contribution in [1.29, 1.82) is 0 Å². The monoisotopic (exact) mass is 191 g/mol. The van der Waals surface area contributed by atoms with Gasteiger partial charge in [0.1, 0.15) is 6.10 Å². The molecule has 0 saturated heterocycles. The van der Waals surface area contributed by atoms with Gasteiger partial charge in [0.2, 0.25) is 6.41 Å². The summed E-state index contributed by atoms with van der Waals surface area (Å²) in [6, 6.07) is 5.27. The fourth-order valence-electron chi connectivity index (χ4n) is 1.60. The number of hydrogen-bond donors (Lipinski definition) is 1. The van der Waals surface area contributed by atoms with Crippen LogP contribution in [0.5, 0.6) is 0 Å². The Morgan fingerprint density at radius 3 is 3.00 bits per heavy atom. The number of ether oxygens (including phenoxy) is 1. The Morgan fingerprint density at radius 1 is 1.50 bits per heavy atom. The molecule has 1 unspecified atom stereocenters. The Labute approximate surface area is 80.9 Å². The zero-order chi connectivity index (χ0) is 10.1. The van der Waals surface area contributed by atoms with Gasteiger partial charge in [-0.05, 0) is 13.0 Å². The van der Waals surface area contributed by atoms with Crippen LogP contribution < -0.4 is 5.32 Å². The second-order valence-electron chi connectivity index (χ2n) is 3.08. The van der Waals surface area contributed by atoms with Gasteiger partial charge >= 0.3 is 5.97 Å². The lowest BCUT2D eigenvalue weighted by Gasteiger charge is -2.03. The molecule has 0 bridgehead atoms. The number of cyclic esters (lactones) is 1. The zero-order valence-electron chi connectivity index (χ0n) is 7.61. The highest BCUT2D eigenvalue weighted by Gasteiger charge is 2.29. The van der Waals surface area contributed by atoms with Gasteiger partial charge in [0.05, 0.1) is 11.3 Å². The number of rotatable bonds is 2. The van der Waals surface area contributed by atoms with Crippen LogP contribution in [0.15, 0.2) is 18.2 Å². The Hall–Kier alpha value is -1.84. The lowest BCUT2D eigenvalue weighted by atomic mass is 10.0. The van der Waals surface area contributed by atoms with Crippen LogP contribution in [0.1, 0.15) is 28.9 Å². The molecule has 4 nitrogen and oxygen atoms in total. The van der Waals surface area contributed by atoms with Gasteiger partial charge in [-0.3, -0.25) is 4.79 Å². The predicted molar refractivity (Wildman–Crippen MR) is 50.0 cm³/mol. The van der Waals surface area contributed by atoms with Crippen LogP contribution in [0.2, 0.25) is 0 Å². The van der Waals surface area contributed by atoms with E-state index >= 15 is 0 Å². The molecule has 0 spiro atoms. The summed E-state index contributed by atoms with van der Waals surface area (Å²) in [4.78, 5) is 21.7. The Balaban J connectivity index is 2.55. The van der Waals surface area contributed by atoms with Crippen molar-refractivity contribution in [3.63, 3.8) is 0 Å². The summed E-state index contributed by atoms with van der Waals surface area (Å²) in [5.41, 5.74) is 1.79. The Bertz CT molecular complexity index is 400. The second-order valence-corrected chi connectivity index (χ2v) is 3.08. The van der Waals surface area contributed by atoms with E-state index in [9.17, 15) is 9.59 Å². The van der Waals surface area contributed by atoms with E-state index in [4.69, 9.17) is 4.74 Å². The average Bonchev–Trinajstić information content (AvgIpc) is 2.44. The van der Waals surface area contributed by atoms with Gasteiger partial charge in [-0.1, -0.05) is 12.1 Å². The molecule has 2 rings (SSSR count). The molecule has 72 valence electrons. The van der Waals surface area contributed by atoms with E-state index in [1.807, 2.05) is 6.07 Å². The molecule has 1 aromatic rings. The van der Waals surface area contributed by atoms with Crippen LogP contribution in [0, 0.1) is 0 Å². The van der Waals surface area contributed by atoms with E-state index in [2.05, 4.69) is 5.32 Å². The molecule has 0 saturated carbocycles. The number of fused-ring (bicyclic) bond motifs is 1. The van der Waals surface area contributed by atoms with Crippen LogP contribution in [0.3, 0.4) is 0 Å². The molecule has 14 heavy (non-hydrogen) atoms. The summed E-state index contributed by atoms with van der Waals surface area (Å²) in [7, 11) is 0. The fraction of sp³-hybridized carbons (Fsp3) is 0.200. The van der Waals surface area contributed by atoms with Crippen molar-refractivity contribution in [2.24, 2.45) is 0 Å². The van der Waals surface area contributed by atoms with E-state index in [0.717, 1.165) is 5.56 Å². The third-order valence-corrected chi connectivity index (χ3v) is 2.24. The van der Waals surface area contributed by atoms with Gasteiger partial charge in [-0.15, -0.1) is 0 Å². The van der Waals surface area contributed by atoms with Crippen molar-refractivity contribution in [3.8, 4) is 0 Å². The van der Waals surface area contributed by atoms with Gasteiger partial charge < -0.3 is 10.1 Å². The first-order valence-electron chi connectivity index (χ1n) is 4.28. The molecular formula is C10H9NO3. The largest absolute Gasteiger partial charge is 0.454 e. The molecule has 1 amide bonds. The third-order valence-electron chi connectivity index (χ3n) is 2.24. The van der Waals surface area contributed by atoms with Crippen molar-refractivity contribution in [2.75, 3.05) is 5.32 Å². The lowest BCUT2D eigenvalue weighted by Crippen LogP contribution is -2.02. The van der Waals surface area contributed by atoms with E-state index in [0.29, 0.717) is 17.7 Å². The number of hydrogen-bond acceptors (Lipinski definition) is 3. The van der Waals surface area contributed by atoms with E-state index in [-0.39, 0.29) is 12.1 Å². The SMILES string of the molecule is CC1OC(=O)c2c(NC=O)cccc21. The Kier molecular flexibility index (Phi) is 1.96. The molecule has 1 heterocycles. The number of benzene rings is 1. The Morgan fingerprint density at radius 2 is 2.29 bits per heavy atom. The number of anilines is 1. The summed E-state index contributed by atoms with van der Waals surface area (Å²) < 4.78 is 5.02. The number of carbonyl (C=O) groups excluding carboxylic acids is 2. The third kappa shape index (κ3) is 1.16. The minimum Gasteiger partial charge on any atom is -0.454 e. The summed E-state index contributed by atoms with van der Waals surface area (Å²) >= 11 is 0. The topological polar surface area (TPSA) is 55.4 Å². The predicted octanol–water partition coefficient (Wildman–Crippen LogP) is 1.49. The lowest BCUT2D eigenvalue weighted by molar-refractivity contribution is -0.105. The highest BCUT2D eigenvalue weighted by molar-refractivity contribution is 6.01. The quantitative estimate of drug-likeness (QED) is 0.569. The van der Waals surface area contributed by atoms with Crippen molar-refractivity contribution < 1.29 is 14.3 Å². The van der Waals surface area contributed by atoms with Gasteiger partial charge in [-0.25, -0.2) is 4.79 Å². The van der Waals surface area contributed by atoms with E-state index in [1.54, 1.807) is 19.1 Å². The number of amides is 1. The van der Waals surface area contributed by atoms with Crippen LogP contribution in [0.4, 0.5) is 5.69 Å². The van der Waals surface area contributed by atoms with Crippen LogP contribution >= 0.6 is 0 Å². The minimum atomic E-state index is -0.377. The van der Waals surface area contributed by atoms with E-state index < -0.39 is 0 Å². The highest BCUT2D eigenvalue weighted by atomic mass is 16.5. The number of carbonyl (C=O) groups is 2. The summed E-state index contributed by atoms with van der Waals surface area (Å²) in [6.45, 7) is 1.80. The van der Waals surface area contributed by atoms with Gasteiger partial charge in [0.25, 0.3) is 0 Å². The molecule has 1 atom stereocenters. The standard InChI is InChI=1S/C10H9NO3/c1-6-7-3-2-4-8(11-5-12)9(7)10(13)14-6/h2-6H,1H3,(H,11,12). The fourth-order valence-corrected chi connectivity index (χ4v) is 1.60. The van der Waals surface area contributed by atoms with E-state index in [1.165, 1.54) is 0 Å². The molecule has 1 aliphatic heterocycles. The second kappa shape index (κ2) is 3.14. The molecule has 1 aliphatic rings. The first-order chi connectivity index (χ1) is 6.74. The van der Waals surface area contributed by atoms with Crippen molar-refractivity contribution in [2.45, 2.75) is 13.0 Å². The first-order valence-corrected chi connectivity index (χ1v) is 4.28. The molecule has 0 fully saturated rings.